The Morgan fingerprint density at radius 3 is 2.53 bits per heavy atom. The maximum Gasteiger partial charge on any atom is 0.337 e. The number of hydrogen-bond donors (Lipinski definition) is 2. The molecule has 2 aromatic heterocycles. The van der Waals surface area contributed by atoms with Gasteiger partial charge in [0.1, 0.15) is 5.65 Å². The Labute approximate surface area is 194 Å². The molecule has 0 fully saturated rings. The van der Waals surface area contributed by atoms with Gasteiger partial charge in [-0.15, -0.1) is 0 Å². The number of benzene rings is 2. The van der Waals surface area contributed by atoms with Crippen molar-refractivity contribution in [2.45, 2.75) is 33.2 Å². The van der Waals surface area contributed by atoms with E-state index in [2.05, 4.69) is 5.32 Å². The van der Waals surface area contributed by atoms with Crippen LogP contribution in [-0.2, 0) is 0 Å². The number of carbonyl (C=O) groups is 1. The van der Waals surface area contributed by atoms with Gasteiger partial charge in [-0.05, 0) is 50.6 Å². The van der Waals surface area contributed by atoms with Crippen LogP contribution in [0, 0.1) is 13.8 Å². The highest BCUT2D eigenvalue weighted by molar-refractivity contribution is 5.94. The van der Waals surface area contributed by atoms with Crippen LogP contribution in [0.1, 0.15) is 52.0 Å². The normalized spacial score (nSPS) is 12.2. The Morgan fingerprint density at radius 2 is 1.82 bits per heavy atom. The van der Waals surface area contributed by atoms with Crippen LogP contribution in [0.3, 0.4) is 0 Å². The third-order valence-corrected chi connectivity index (χ3v) is 5.72. The maximum absolute atomic E-state index is 13.3. The van der Waals surface area contributed by atoms with Crippen LogP contribution in [0.2, 0.25) is 0 Å². The molecule has 34 heavy (non-hydrogen) atoms. The Kier molecular flexibility index (Phi) is 6.15. The van der Waals surface area contributed by atoms with Crippen LogP contribution in [0.4, 0.5) is 14.5 Å². The summed E-state index contributed by atoms with van der Waals surface area (Å²) in [4.78, 5) is 29.6. The predicted molar refractivity (Wildman–Crippen MR) is 127 cm³/mol. The second kappa shape index (κ2) is 9.05. The zero-order valence-electron chi connectivity index (χ0n) is 18.8. The first-order chi connectivity index (χ1) is 16.2. The molecule has 0 amide bonds. The number of carboxylic acids is 1. The highest BCUT2D eigenvalue weighted by Crippen LogP contribution is 2.29. The number of hydrogen-bond acceptors (Lipinski definition) is 4. The lowest BCUT2D eigenvalue weighted by Crippen LogP contribution is -2.22. The zero-order chi connectivity index (χ0) is 24.6. The molecule has 1 atom stereocenters. The lowest BCUT2D eigenvalue weighted by Gasteiger charge is -2.20. The molecule has 2 heterocycles. The van der Waals surface area contributed by atoms with Crippen molar-refractivity contribution in [1.82, 2.24) is 9.38 Å². The number of alkyl halides is 2. The molecule has 0 saturated heterocycles. The third-order valence-electron chi connectivity index (χ3n) is 5.72. The molecule has 0 saturated carbocycles. The molecule has 4 aromatic rings. The van der Waals surface area contributed by atoms with Gasteiger partial charge in [-0.3, -0.25) is 9.20 Å². The highest BCUT2D eigenvalue weighted by atomic mass is 19.3. The molecule has 0 bridgehead atoms. The van der Waals surface area contributed by atoms with Crippen molar-refractivity contribution in [2.75, 3.05) is 5.32 Å². The van der Waals surface area contributed by atoms with Gasteiger partial charge in [-0.1, -0.05) is 30.3 Å². The second-order valence-corrected chi connectivity index (χ2v) is 8.20. The molecule has 6 nitrogen and oxygen atoms in total. The molecule has 4 rings (SSSR count). The van der Waals surface area contributed by atoms with Crippen molar-refractivity contribution >= 4 is 17.3 Å². The van der Waals surface area contributed by atoms with E-state index >= 15 is 0 Å². The Hall–Kier alpha value is -4.07. The summed E-state index contributed by atoms with van der Waals surface area (Å²) in [7, 11) is 0. The van der Waals surface area contributed by atoms with E-state index < -0.39 is 18.4 Å². The van der Waals surface area contributed by atoms with Gasteiger partial charge in [-0.2, -0.15) is 0 Å². The van der Waals surface area contributed by atoms with E-state index in [-0.39, 0.29) is 16.7 Å². The Bertz CT molecular complexity index is 1460. The number of aromatic nitrogens is 2. The lowest BCUT2D eigenvalue weighted by molar-refractivity contribution is 0.0698. The number of aryl methyl sites for hydroxylation is 1. The minimum Gasteiger partial charge on any atom is -0.478 e. The molecule has 0 radical (unpaired) electrons. The van der Waals surface area contributed by atoms with Crippen LogP contribution in [0.15, 0.2) is 65.6 Å². The van der Waals surface area contributed by atoms with E-state index in [1.54, 1.807) is 37.4 Å². The van der Waals surface area contributed by atoms with E-state index in [9.17, 15) is 23.5 Å². The number of halogens is 2. The van der Waals surface area contributed by atoms with Crippen molar-refractivity contribution in [2.24, 2.45) is 0 Å². The number of pyridine rings is 1. The summed E-state index contributed by atoms with van der Waals surface area (Å²) in [6, 6.07) is 13.9. The average molecular weight is 463 g/mol. The van der Waals surface area contributed by atoms with Crippen LogP contribution in [-0.4, -0.2) is 20.5 Å². The molecular formula is C26H23F2N3O3. The van der Waals surface area contributed by atoms with E-state index in [1.165, 1.54) is 28.7 Å². The van der Waals surface area contributed by atoms with Crippen molar-refractivity contribution < 1.29 is 18.7 Å². The fourth-order valence-electron chi connectivity index (χ4n) is 4.02. The standard InChI is InChI=1S/C26H23F2N3O3/c1-14-11-20(16(3)29-21-10-5-4-9-19(21)26(33)34)24-30-22(15(2)25(32)31(24)13-14)17-7-6-8-18(12-17)23(27)28/h4-13,16,23,29H,1-3H3,(H,33,34)/t16-/m0/s1. The molecule has 2 N–H and O–H groups in total. The largest absolute Gasteiger partial charge is 0.478 e. The lowest BCUT2D eigenvalue weighted by atomic mass is 10.0. The first-order valence-electron chi connectivity index (χ1n) is 10.7. The van der Waals surface area contributed by atoms with Crippen molar-refractivity contribution in [3.63, 3.8) is 0 Å². The quantitative estimate of drug-likeness (QED) is 0.378. The first-order valence-corrected chi connectivity index (χ1v) is 10.7. The van der Waals surface area contributed by atoms with Gasteiger partial charge in [0, 0.05) is 34.1 Å². The smallest absolute Gasteiger partial charge is 0.337 e. The van der Waals surface area contributed by atoms with E-state index in [4.69, 9.17) is 4.98 Å². The van der Waals surface area contributed by atoms with Gasteiger partial charge < -0.3 is 10.4 Å². The summed E-state index contributed by atoms with van der Waals surface area (Å²) < 4.78 is 28.0. The van der Waals surface area contributed by atoms with Crippen molar-refractivity contribution in [3.8, 4) is 11.3 Å². The second-order valence-electron chi connectivity index (χ2n) is 8.20. The van der Waals surface area contributed by atoms with Gasteiger partial charge in [0.05, 0.1) is 17.3 Å². The molecule has 0 aliphatic heterocycles. The van der Waals surface area contributed by atoms with Gasteiger partial charge in [0.15, 0.2) is 0 Å². The SMILES string of the molecule is Cc1cc([C@H](C)Nc2ccccc2C(=O)O)c2nc(-c3cccc(C(F)F)c3)c(C)c(=O)n2c1. The van der Waals surface area contributed by atoms with Gasteiger partial charge in [-0.25, -0.2) is 18.6 Å². The minimum absolute atomic E-state index is 0.122. The number of anilines is 1. The number of rotatable bonds is 6. The number of nitrogens with one attached hydrogen (secondary N) is 1. The fourth-order valence-corrected chi connectivity index (χ4v) is 4.02. The summed E-state index contributed by atoms with van der Waals surface area (Å²) in [5.41, 5.74) is 3.06. The minimum atomic E-state index is -2.64. The summed E-state index contributed by atoms with van der Waals surface area (Å²) in [5.74, 6) is -1.06. The number of para-hydroxylation sites is 1. The summed E-state index contributed by atoms with van der Waals surface area (Å²) in [6.07, 6.45) is -0.961. The number of aromatic carboxylic acids is 1. The van der Waals surface area contributed by atoms with Crippen LogP contribution >= 0.6 is 0 Å². The summed E-state index contributed by atoms with van der Waals surface area (Å²) >= 11 is 0. The van der Waals surface area contributed by atoms with Gasteiger partial charge in [0.25, 0.3) is 12.0 Å². The maximum atomic E-state index is 13.3. The molecule has 8 heteroatoms. The Morgan fingerprint density at radius 1 is 1.09 bits per heavy atom. The third kappa shape index (κ3) is 4.26. The van der Waals surface area contributed by atoms with Crippen LogP contribution in [0.25, 0.3) is 16.9 Å². The van der Waals surface area contributed by atoms with Crippen LogP contribution < -0.4 is 10.9 Å². The van der Waals surface area contributed by atoms with E-state index in [0.29, 0.717) is 33.7 Å². The van der Waals surface area contributed by atoms with Crippen molar-refractivity contribution in [1.29, 1.82) is 0 Å². The average Bonchev–Trinajstić information content (AvgIpc) is 2.81. The monoisotopic (exact) mass is 463 g/mol. The molecule has 174 valence electrons. The summed E-state index contributed by atoms with van der Waals surface area (Å²) in [6.45, 7) is 5.32. The molecule has 0 unspecified atom stereocenters. The molecular weight excluding hydrogens is 440 g/mol. The Balaban J connectivity index is 1.89. The molecule has 0 aliphatic rings. The molecule has 2 aromatic carbocycles. The van der Waals surface area contributed by atoms with E-state index in [1.807, 2.05) is 19.9 Å². The number of carboxylic acid groups (broad SMARTS) is 1. The number of fused-ring (bicyclic) bond motifs is 1. The summed E-state index contributed by atoms with van der Waals surface area (Å²) in [5, 5.41) is 12.7. The van der Waals surface area contributed by atoms with Crippen LogP contribution in [0.5, 0.6) is 0 Å². The first kappa shape index (κ1) is 23.1. The number of nitrogens with zero attached hydrogens (tertiary/aromatic N) is 2. The fraction of sp³-hybridized carbons (Fsp3) is 0.192. The zero-order valence-corrected chi connectivity index (χ0v) is 18.8. The van der Waals surface area contributed by atoms with Crippen molar-refractivity contribution in [3.05, 3.63) is 99.0 Å². The predicted octanol–water partition coefficient (Wildman–Crippen LogP) is 5.79. The van der Waals surface area contributed by atoms with E-state index in [0.717, 1.165) is 5.56 Å². The molecule has 0 aliphatic carbocycles. The van der Waals surface area contributed by atoms with Gasteiger partial charge in [0.2, 0.25) is 0 Å². The highest BCUT2D eigenvalue weighted by Gasteiger charge is 2.19. The molecule has 0 spiro atoms. The topological polar surface area (TPSA) is 83.7 Å². The van der Waals surface area contributed by atoms with Gasteiger partial charge >= 0.3 is 5.97 Å².